The first-order valence-corrected chi connectivity index (χ1v) is 34.4. The van der Waals surface area contributed by atoms with Crippen LogP contribution in [0.5, 0.6) is 28.7 Å². The molecule has 0 aromatic heterocycles. The molecule has 6 aromatic rings. The molecule has 0 aliphatic heterocycles. The standard InChI is InChI=1S/C34H39NO8.C33H48O5.C12H18O.4CH4/c1-4-34(2,3)33(41)35-24-11-13-25(14-12-24)43-30(23-10-9-21-7-5-6-8-22(21)15-23)20-42-32-28(18-38)26(16-36)31(40)27(17-37)29(32)19-39;1-6-30(2,3)29(34)38-33-9-7-32(21-33,8-10-33)37-28-25(19-35-4)14-27(15-26(28)20-36-5)31-16-22-11-23(17-31)13-24(12-22)18-31;1-4-10(3)11-6-8-12(9-7-11)13-5-2;;;;/h5-15,30,36-40H,4,16-20H2,1-3H3,(H,35,41);14-15,22-24H,6-13,16-21H2,1-5H3;6-10H,4-5H2,1-3H3;4*1H4. The number of phenols is 1. The lowest BCUT2D eigenvalue weighted by Crippen LogP contribution is -2.48. The number of aromatic hydroxyl groups is 1. The number of esters is 1. The van der Waals surface area contributed by atoms with E-state index < -0.39 is 49.1 Å². The van der Waals surface area contributed by atoms with Crippen LogP contribution >= 0.6 is 0 Å². The van der Waals surface area contributed by atoms with Crippen LogP contribution in [0, 0.1) is 28.6 Å². The zero-order chi connectivity index (χ0) is 67.6. The van der Waals surface area contributed by atoms with E-state index >= 15 is 0 Å². The highest BCUT2D eigenvalue weighted by atomic mass is 16.6. The Morgan fingerprint density at radius 3 is 1.58 bits per heavy atom. The topological polar surface area (TPSA) is 212 Å². The van der Waals surface area contributed by atoms with Gasteiger partial charge in [-0.3, -0.25) is 9.59 Å². The molecule has 6 aromatic carbocycles. The van der Waals surface area contributed by atoms with E-state index in [9.17, 15) is 35.1 Å². The number of fused-ring (bicyclic) bond motifs is 3. The Morgan fingerprint density at radius 1 is 0.592 bits per heavy atom. The van der Waals surface area contributed by atoms with E-state index in [1.807, 2.05) is 96.1 Å². The van der Waals surface area contributed by atoms with Gasteiger partial charge in [0.05, 0.1) is 51.7 Å². The van der Waals surface area contributed by atoms with Crippen LogP contribution in [0.15, 0.2) is 103 Å². The molecule has 0 saturated heterocycles. The first-order valence-electron chi connectivity index (χ1n) is 34.4. The molecule has 0 spiro atoms. The van der Waals surface area contributed by atoms with Crippen molar-refractivity contribution in [2.75, 3.05) is 32.8 Å². The number of nitrogens with one attached hydrogen (secondary N) is 1. The zero-order valence-corrected chi connectivity index (χ0v) is 57.7. The van der Waals surface area contributed by atoms with E-state index in [0.717, 1.165) is 102 Å². The maximum Gasteiger partial charge on any atom is 0.312 e. The van der Waals surface area contributed by atoms with Crippen molar-refractivity contribution in [3.8, 4) is 28.7 Å². The van der Waals surface area contributed by atoms with Gasteiger partial charge in [-0.25, -0.2) is 0 Å². The third-order valence-electron chi connectivity index (χ3n) is 21.5. The van der Waals surface area contributed by atoms with Gasteiger partial charge in [-0.2, -0.15) is 0 Å². The normalized spacial score (nSPS) is 21.4. The van der Waals surface area contributed by atoms with Crippen LogP contribution in [0.1, 0.15) is 244 Å². The average Bonchev–Trinajstić information content (AvgIpc) is 0.939. The summed E-state index contributed by atoms with van der Waals surface area (Å²) in [5.41, 5.74) is 5.51. The summed E-state index contributed by atoms with van der Waals surface area (Å²) in [6.45, 7) is 17.6. The lowest BCUT2D eigenvalue weighted by Gasteiger charge is -2.57. The van der Waals surface area contributed by atoms with Crippen molar-refractivity contribution < 1.29 is 68.3 Å². The van der Waals surface area contributed by atoms with Crippen LogP contribution in [-0.4, -0.2) is 76.0 Å². The van der Waals surface area contributed by atoms with Gasteiger partial charge in [0.2, 0.25) is 5.91 Å². The second kappa shape index (κ2) is 35.5. The smallest absolute Gasteiger partial charge is 0.312 e. The molecule has 6 bridgehead atoms. The third kappa shape index (κ3) is 18.4. The molecule has 2 atom stereocenters. The molecule has 12 rings (SSSR count). The molecule has 6 N–H and O–H groups in total. The molecular weight excluding hydrogens is 1230 g/mol. The maximum absolute atomic E-state index is 13.0. The number of methoxy groups -OCH3 is 2. The SMILES string of the molecule is C.C.C.C.CCC(C)(C)C(=O)Nc1ccc(OC(COc2c(CO)c(CO)c(O)c(CO)c2CO)c2ccc3ccccc3c2)cc1.CCC(C)(C)C(=O)OC12CCC(Oc3c(COC)cc(C45CC6CC(CC(C6)C4)C5)cc3COC)(CC1)C2.CCOc1ccc(C(C)CC)cc1. The van der Waals surface area contributed by atoms with Crippen LogP contribution in [0.25, 0.3) is 10.8 Å². The van der Waals surface area contributed by atoms with Crippen molar-refractivity contribution >= 4 is 28.3 Å². The predicted octanol–water partition coefficient (Wildman–Crippen LogP) is 18.5. The summed E-state index contributed by atoms with van der Waals surface area (Å²) in [5.74, 6) is 5.28. The van der Waals surface area contributed by atoms with Crippen LogP contribution in [0.2, 0.25) is 0 Å². The first kappa shape index (κ1) is 82.0. The van der Waals surface area contributed by atoms with Gasteiger partial charge < -0.3 is 64.0 Å². The Hall–Kier alpha value is -6.72. The zero-order valence-electron chi connectivity index (χ0n) is 57.7. The quantitative estimate of drug-likeness (QED) is 0.0265. The molecule has 6 aliphatic rings. The largest absolute Gasteiger partial charge is 0.507 e. The Balaban J connectivity index is 0.000000290. The summed E-state index contributed by atoms with van der Waals surface area (Å²) >= 11 is 0. The molecular formula is C83H121NO14. The number of hydrogen-bond donors (Lipinski definition) is 6. The maximum atomic E-state index is 13.0. The summed E-state index contributed by atoms with van der Waals surface area (Å²) in [6, 6.07) is 34.0. The number of aliphatic hydroxyl groups is 4. The minimum Gasteiger partial charge on any atom is -0.507 e. The van der Waals surface area contributed by atoms with E-state index in [1.165, 1.54) is 56.1 Å². The van der Waals surface area contributed by atoms with Gasteiger partial charge >= 0.3 is 5.97 Å². The van der Waals surface area contributed by atoms with Crippen molar-refractivity contribution in [3.05, 3.63) is 153 Å². The van der Waals surface area contributed by atoms with Crippen molar-refractivity contribution in [2.24, 2.45) is 28.6 Å². The number of benzene rings is 6. The molecule has 6 fully saturated rings. The number of amides is 1. The molecule has 15 nitrogen and oxygen atoms in total. The lowest BCUT2D eigenvalue weighted by molar-refractivity contribution is -0.170. The molecule has 2 unspecified atom stereocenters. The number of carbonyl (C=O) groups excluding carboxylic acids is 2. The Bertz CT molecular complexity index is 3420. The molecule has 0 radical (unpaired) electrons. The summed E-state index contributed by atoms with van der Waals surface area (Å²) in [6.07, 6.45) is 14.7. The van der Waals surface area contributed by atoms with Crippen molar-refractivity contribution in [1.29, 1.82) is 0 Å². The van der Waals surface area contributed by atoms with E-state index in [2.05, 4.69) is 50.4 Å². The van der Waals surface area contributed by atoms with Crippen molar-refractivity contribution in [2.45, 2.75) is 250 Å². The molecule has 0 heterocycles. The molecule has 98 heavy (non-hydrogen) atoms. The summed E-state index contributed by atoms with van der Waals surface area (Å²) in [5, 5.41) is 55.6. The first-order chi connectivity index (χ1) is 45.1. The van der Waals surface area contributed by atoms with Gasteiger partial charge in [-0.15, -0.1) is 0 Å². The number of hydrogen-bond acceptors (Lipinski definition) is 14. The Morgan fingerprint density at radius 2 is 1.09 bits per heavy atom. The number of anilines is 1. The summed E-state index contributed by atoms with van der Waals surface area (Å²) in [4.78, 5) is 25.6. The average molecular weight is 1360 g/mol. The van der Waals surface area contributed by atoms with E-state index in [0.29, 0.717) is 42.4 Å². The number of aliphatic hydroxyl groups excluding tert-OH is 4. The highest BCUT2D eigenvalue weighted by Gasteiger charge is 2.60. The molecule has 6 saturated carbocycles. The predicted molar refractivity (Wildman–Crippen MR) is 394 cm³/mol. The van der Waals surface area contributed by atoms with Gasteiger partial charge in [-0.05, 0) is 215 Å². The molecule has 6 aliphatic carbocycles. The van der Waals surface area contributed by atoms with E-state index in [1.54, 1.807) is 38.5 Å². The summed E-state index contributed by atoms with van der Waals surface area (Å²) in [7, 11) is 3.56. The van der Waals surface area contributed by atoms with Crippen LogP contribution in [-0.2, 0) is 68.9 Å². The second-order valence-corrected chi connectivity index (χ2v) is 28.7. The number of ether oxygens (including phenoxy) is 7. The van der Waals surface area contributed by atoms with Gasteiger partial charge in [-0.1, -0.05) is 120 Å². The van der Waals surface area contributed by atoms with Crippen molar-refractivity contribution in [3.63, 3.8) is 0 Å². The minimum atomic E-state index is -0.675. The van der Waals surface area contributed by atoms with Gasteiger partial charge in [0.25, 0.3) is 0 Å². The van der Waals surface area contributed by atoms with Crippen molar-refractivity contribution in [1.82, 2.24) is 0 Å². The Kier molecular flexibility index (Phi) is 29.7. The highest BCUT2D eigenvalue weighted by Crippen LogP contribution is 2.62. The molecule has 15 heteroatoms. The Labute approximate surface area is 587 Å². The minimum absolute atomic E-state index is 0. The number of carbonyl (C=O) groups is 2. The van der Waals surface area contributed by atoms with Crippen LogP contribution in [0.4, 0.5) is 5.69 Å². The molecule has 1 amide bonds. The fraction of sp³-hybridized carbons (Fsp3) is 0.566. The molecule has 542 valence electrons. The third-order valence-corrected chi connectivity index (χ3v) is 21.5. The lowest BCUT2D eigenvalue weighted by atomic mass is 9.48. The van der Waals surface area contributed by atoms with E-state index in [4.69, 9.17) is 33.2 Å². The van der Waals surface area contributed by atoms with E-state index in [-0.39, 0.29) is 87.4 Å². The summed E-state index contributed by atoms with van der Waals surface area (Å²) < 4.78 is 42.8. The number of rotatable bonds is 27. The van der Waals surface area contributed by atoms with Gasteiger partial charge in [0.1, 0.15) is 46.6 Å². The fourth-order valence-electron chi connectivity index (χ4n) is 15.3. The van der Waals surface area contributed by atoms with Crippen LogP contribution < -0.4 is 24.3 Å². The monoisotopic (exact) mass is 1360 g/mol. The van der Waals surface area contributed by atoms with Crippen LogP contribution in [0.3, 0.4) is 0 Å². The van der Waals surface area contributed by atoms with Gasteiger partial charge in [0.15, 0.2) is 6.10 Å². The highest BCUT2D eigenvalue weighted by molar-refractivity contribution is 5.94. The fourth-order valence-corrected chi connectivity index (χ4v) is 15.3. The van der Waals surface area contributed by atoms with Gasteiger partial charge in [0, 0.05) is 65.1 Å². The second-order valence-electron chi connectivity index (χ2n) is 28.7.